The number of rotatable bonds is 6. The molecule has 2 amide bonds. The third kappa shape index (κ3) is 5.47. The number of likely N-dealkylation sites (tertiary alicyclic amines) is 1. The number of amides is 2. The van der Waals surface area contributed by atoms with Gasteiger partial charge in [-0.2, -0.15) is 5.10 Å². The molecular formula is C19H25Cl2N5O2. The highest BCUT2D eigenvalue weighted by molar-refractivity contribution is 6.30. The van der Waals surface area contributed by atoms with Crippen molar-refractivity contribution in [2.75, 3.05) is 19.6 Å². The highest BCUT2D eigenvalue weighted by atomic mass is 35.5. The second-order valence-electron chi connectivity index (χ2n) is 6.66. The molecule has 1 saturated heterocycles. The van der Waals surface area contributed by atoms with Gasteiger partial charge in [0.2, 0.25) is 5.91 Å². The number of carbonyl (C=O) groups is 2. The summed E-state index contributed by atoms with van der Waals surface area (Å²) in [4.78, 5) is 26.5. The van der Waals surface area contributed by atoms with Crippen molar-refractivity contribution in [3.05, 3.63) is 41.0 Å². The molecule has 3 rings (SSSR count). The van der Waals surface area contributed by atoms with Gasteiger partial charge >= 0.3 is 0 Å². The first-order valence-electron chi connectivity index (χ1n) is 9.17. The molecule has 1 aromatic heterocycles. The van der Waals surface area contributed by atoms with Gasteiger partial charge in [-0.15, -0.1) is 12.4 Å². The highest BCUT2D eigenvalue weighted by Crippen LogP contribution is 2.23. The Labute approximate surface area is 175 Å². The Bertz CT molecular complexity index is 794. The van der Waals surface area contributed by atoms with Crippen LogP contribution in [0.3, 0.4) is 0 Å². The molecule has 0 radical (unpaired) electrons. The van der Waals surface area contributed by atoms with E-state index in [9.17, 15) is 9.59 Å². The van der Waals surface area contributed by atoms with E-state index in [-0.39, 0.29) is 30.3 Å². The molecule has 7 nitrogen and oxygen atoms in total. The second kappa shape index (κ2) is 10.5. The lowest BCUT2D eigenvalue weighted by Gasteiger charge is -2.35. The minimum atomic E-state index is -0.0968. The summed E-state index contributed by atoms with van der Waals surface area (Å²) < 4.78 is 0. The molecule has 28 heavy (non-hydrogen) atoms. The third-order valence-corrected chi connectivity index (χ3v) is 4.99. The molecule has 2 aromatic rings. The smallest absolute Gasteiger partial charge is 0.272 e. The number of carbonyl (C=O) groups excluding carboxylic acids is 2. The van der Waals surface area contributed by atoms with Crippen LogP contribution in [0.1, 0.15) is 36.2 Å². The van der Waals surface area contributed by atoms with E-state index in [1.54, 1.807) is 18.2 Å². The number of halogens is 2. The summed E-state index contributed by atoms with van der Waals surface area (Å²) in [5.41, 5.74) is 7.43. The first-order valence-corrected chi connectivity index (χ1v) is 9.55. The first-order chi connectivity index (χ1) is 13.1. The topological polar surface area (TPSA) is 104 Å². The summed E-state index contributed by atoms with van der Waals surface area (Å²) in [5.74, 6) is -0.178. The molecule has 1 unspecified atom stereocenters. The van der Waals surface area contributed by atoms with E-state index in [2.05, 4.69) is 15.5 Å². The zero-order valence-electron chi connectivity index (χ0n) is 15.5. The number of aromatic amines is 1. The zero-order valence-corrected chi connectivity index (χ0v) is 17.1. The van der Waals surface area contributed by atoms with Crippen molar-refractivity contribution in [3.63, 3.8) is 0 Å². The molecule has 4 N–H and O–H groups in total. The molecule has 1 aliphatic rings. The van der Waals surface area contributed by atoms with Gasteiger partial charge < -0.3 is 16.0 Å². The fourth-order valence-electron chi connectivity index (χ4n) is 3.29. The van der Waals surface area contributed by atoms with Crippen molar-refractivity contribution < 1.29 is 9.59 Å². The average molecular weight is 426 g/mol. The van der Waals surface area contributed by atoms with E-state index in [1.165, 1.54) is 0 Å². The van der Waals surface area contributed by atoms with Crippen LogP contribution in [0.15, 0.2) is 30.3 Å². The van der Waals surface area contributed by atoms with Crippen molar-refractivity contribution >= 4 is 35.8 Å². The van der Waals surface area contributed by atoms with E-state index in [4.69, 9.17) is 17.3 Å². The summed E-state index contributed by atoms with van der Waals surface area (Å²) in [6.07, 6.45) is 3.16. The van der Waals surface area contributed by atoms with Gasteiger partial charge in [0, 0.05) is 42.7 Å². The minimum absolute atomic E-state index is 0. The number of nitrogens with one attached hydrogen (secondary N) is 2. The van der Waals surface area contributed by atoms with Crippen LogP contribution in [-0.4, -0.2) is 52.6 Å². The number of nitrogens with two attached hydrogens (primary N) is 1. The molecule has 0 saturated carbocycles. The maximum atomic E-state index is 13.0. The van der Waals surface area contributed by atoms with Crippen molar-refractivity contribution in [2.45, 2.75) is 31.7 Å². The normalized spacial score (nSPS) is 16.4. The summed E-state index contributed by atoms with van der Waals surface area (Å²) in [6.45, 7) is 1.44. The van der Waals surface area contributed by atoms with Gasteiger partial charge in [-0.25, -0.2) is 0 Å². The molecule has 1 aliphatic heterocycles. The molecule has 9 heteroatoms. The van der Waals surface area contributed by atoms with E-state index < -0.39 is 0 Å². The summed E-state index contributed by atoms with van der Waals surface area (Å²) in [6, 6.07) is 9.04. The third-order valence-electron chi connectivity index (χ3n) is 4.74. The predicted octanol–water partition coefficient (Wildman–Crippen LogP) is 2.61. The van der Waals surface area contributed by atoms with Crippen LogP contribution in [0.2, 0.25) is 5.02 Å². The van der Waals surface area contributed by atoms with Crippen LogP contribution < -0.4 is 11.1 Å². The monoisotopic (exact) mass is 425 g/mol. The van der Waals surface area contributed by atoms with Crippen LogP contribution in [-0.2, 0) is 4.79 Å². The van der Waals surface area contributed by atoms with E-state index >= 15 is 0 Å². The molecule has 0 aliphatic carbocycles. The van der Waals surface area contributed by atoms with Gasteiger partial charge in [0.15, 0.2) is 0 Å². The van der Waals surface area contributed by atoms with E-state index in [1.807, 2.05) is 17.0 Å². The van der Waals surface area contributed by atoms with E-state index in [0.717, 1.165) is 24.8 Å². The number of hydrogen-bond donors (Lipinski definition) is 3. The molecule has 1 atom stereocenters. The highest BCUT2D eigenvalue weighted by Gasteiger charge is 2.28. The SMILES string of the molecule is Cl.NCCC(=O)NCC1CCCCN1C(=O)c1cc(-c2ccc(Cl)cc2)n[nH]1. The van der Waals surface area contributed by atoms with Gasteiger partial charge in [-0.1, -0.05) is 23.7 Å². The van der Waals surface area contributed by atoms with Crippen LogP contribution >= 0.6 is 24.0 Å². The largest absolute Gasteiger partial charge is 0.354 e. The molecule has 152 valence electrons. The number of H-pyrrole nitrogens is 1. The number of aromatic nitrogens is 2. The summed E-state index contributed by atoms with van der Waals surface area (Å²) in [5, 5.41) is 10.6. The molecule has 0 spiro atoms. The lowest BCUT2D eigenvalue weighted by molar-refractivity contribution is -0.121. The summed E-state index contributed by atoms with van der Waals surface area (Å²) >= 11 is 5.92. The van der Waals surface area contributed by atoms with Crippen LogP contribution in [0.4, 0.5) is 0 Å². The first kappa shape index (κ1) is 22.2. The maximum Gasteiger partial charge on any atom is 0.272 e. The maximum absolute atomic E-state index is 13.0. The minimum Gasteiger partial charge on any atom is -0.354 e. The van der Waals surface area contributed by atoms with Gasteiger partial charge in [0.05, 0.1) is 5.69 Å². The Balaban J connectivity index is 0.00000280. The van der Waals surface area contributed by atoms with Gasteiger partial charge in [0.1, 0.15) is 5.69 Å². The Kier molecular flexibility index (Phi) is 8.29. The van der Waals surface area contributed by atoms with Crippen molar-refractivity contribution in [1.29, 1.82) is 0 Å². The molecule has 1 fully saturated rings. The number of hydrogen-bond acceptors (Lipinski definition) is 4. The van der Waals surface area contributed by atoms with E-state index in [0.29, 0.717) is 42.5 Å². The Morgan fingerprint density at radius 2 is 2.04 bits per heavy atom. The average Bonchev–Trinajstić information content (AvgIpc) is 3.17. The van der Waals surface area contributed by atoms with Gasteiger partial charge in [-0.05, 0) is 37.5 Å². The van der Waals surface area contributed by atoms with Crippen molar-refractivity contribution in [2.24, 2.45) is 5.73 Å². The zero-order chi connectivity index (χ0) is 19.2. The Morgan fingerprint density at radius 3 is 2.75 bits per heavy atom. The quantitative estimate of drug-likeness (QED) is 0.661. The van der Waals surface area contributed by atoms with Crippen LogP contribution in [0.25, 0.3) is 11.3 Å². The molecule has 1 aromatic carbocycles. The fourth-order valence-corrected chi connectivity index (χ4v) is 3.41. The predicted molar refractivity (Wildman–Crippen MR) is 112 cm³/mol. The Morgan fingerprint density at radius 1 is 1.29 bits per heavy atom. The summed E-state index contributed by atoms with van der Waals surface area (Å²) in [7, 11) is 0. The van der Waals surface area contributed by atoms with Crippen molar-refractivity contribution in [3.8, 4) is 11.3 Å². The fraction of sp³-hybridized carbons (Fsp3) is 0.421. The molecule has 2 heterocycles. The number of piperidine rings is 1. The van der Waals surface area contributed by atoms with Crippen LogP contribution in [0, 0.1) is 0 Å². The van der Waals surface area contributed by atoms with Crippen LogP contribution in [0.5, 0.6) is 0 Å². The lowest BCUT2D eigenvalue weighted by Crippen LogP contribution is -2.49. The standard InChI is InChI=1S/C19H24ClN5O2.ClH/c20-14-6-4-13(5-7-14)16-11-17(24-23-16)19(27)25-10-2-1-3-15(25)12-22-18(26)8-9-21;/h4-7,11,15H,1-3,8-10,12,21H2,(H,22,26)(H,23,24);1H. The number of nitrogens with zero attached hydrogens (tertiary/aromatic N) is 2. The number of benzene rings is 1. The van der Waals surface area contributed by atoms with Gasteiger partial charge in [-0.3, -0.25) is 14.7 Å². The molecule has 0 bridgehead atoms. The van der Waals surface area contributed by atoms with Crippen molar-refractivity contribution in [1.82, 2.24) is 20.4 Å². The lowest BCUT2D eigenvalue weighted by atomic mass is 10.0. The second-order valence-corrected chi connectivity index (χ2v) is 7.10. The molecular weight excluding hydrogens is 401 g/mol. The van der Waals surface area contributed by atoms with Gasteiger partial charge in [0.25, 0.3) is 5.91 Å². The Hall–Kier alpha value is -2.09.